The molecule has 0 rings (SSSR count). The molecule has 0 fully saturated rings. The molecule has 0 heterocycles. The van der Waals surface area contributed by atoms with E-state index in [2.05, 4.69) is 10.7 Å². The molecule has 0 aromatic carbocycles. The van der Waals surface area contributed by atoms with Crippen LogP contribution in [0.25, 0.3) is 0 Å². The van der Waals surface area contributed by atoms with Crippen LogP contribution in [0.5, 0.6) is 0 Å². The van der Waals surface area contributed by atoms with Crippen molar-refractivity contribution in [1.82, 2.24) is 10.7 Å². The highest BCUT2D eigenvalue weighted by Gasteiger charge is 1.95. The maximum atomic E-state index is 10.1. The van der Waals surface area contributed by atoms with E-state index in [0.717, 1.165) is 0 Å². The second kappa shape index (κ2) is 4.04. The molecule has 0 aromatic heterocycles. The lowest BCUT2D eigenvalue weighted by Gasteiger charge is -1.90. The van der Waals surface area contributed by atoms with Crippen molar-refractivity contribution >= 4 is 6.03 Å². The lowest BCUT2D eigenvalue weighted by molar-refractivity contribution is 0.241. The molecule has 0 spiro atoms. The summed E-state index contributed by atoms with van der Waals surface area (Å²) in [5, 5.41) is 4.26. The van der Waals surface area contributed by atoms with Gasteiger partial charge in [-0.2, -0.15) is 0 Å². The first kappa shape index (κ1) is 6.87. The fourth-order valence-corrected chi connectivity index (χ4v) is 0.224. The Labute approximate surface area is 46.4 Å². The summed E-state index contributed by atoms with van der Waals surface area (Å²) in [4.78, 5) is 19.3. The molecule has 1 radical (unpaired) electrons. The largest absolute Gasteiger partial charge is 0.362 e. The summed E-state index contributed by atoms with van der Waals surface area (Å²) in [6, 6.07) is -0.692. The molecule has 2 amide bonds. The van der Waals surface area contributed by atoms with Crippen LogP contribution in [0.15, 0.2) is 5.29 Å². The van der Waals surface area contributed by atoms with Gasteiger partial charge in [-0.05, 0) is 6.92 Å². The Morgan fingerprint density at radius 2 is 2.38 bits per heavy atom. The van der Waals surface area contributed by atoms with Crippen molar-refractivity contribution < 1.29 is 4.79 Å². The minimum atomic E-state index is -0.692. The van der Waals surface area contributed by atoms with E-state index in [4.69, 9.17) is 0 Å². The molecule has 8 heavy (non-hydrogen) atoms. The summed E-state index contributed by atoms with van der Waals surface area (Å²) in [6.07, 6.45) is 0. The monoisotopic (exact) mass is 116 g/mol. The topological polar surface area (TPSA) is 72.6 Å². The highest BCUT2D eigenvalue weighted by atomic mass is 16.3. The van der Waals surface area contributed by atoms with Gasteiger partial charge in [-0.3, -0.25) is 0 Å². The number of hydrogen-bond donors (Lipinski definition) is 1. The number of nitrogens with one attached hydrogen (secondary N) is 1. The molecule has 1 N–H and O–H groups in total. The number of hydrogen-bond acceptors (Lipinski definition) is 3. The van der Waals surface area contributed by atoms with Gasteiger partial charge in [-0.25, -0.2) is 4.79 Å². The van der Waals surface area contributed by atoms with Crippen molar-refractivity contribution in [3.63, 3.8) is 0 Å². The second-order valence-corrected chi connectivity index (χ2v) is 1.02. The summed E-state index contributed by atoms with van der Waals surface area (Å²) in [5.41, 5.74) is 2.63. The molecular formula is C3H6N3O2. The van der Waals surface area contributed by atoms with Crippen LogP contribution >= 0.6 is 0 Å². The first-order chi connectivity index (χ1) is 3.81. The number of rotatable bonds is 2. The van der Waals surface area contributed by atoms with Gasteiger partial charge in [0.15, 0.2) is 0 Å². The molecule has 0 atom stereocenters. The molecule has 0 bridgehead atoms. The Kier molecular flexibility index (Phi) is 3.47. The number of carbonyl (C=O) groups excluding carboxylic acids is 1. The van der Waals surface area contributed by atoms with Crippen LogP contribution in [0.4, 0.5) is 4.79 Å². The number of carbonyl (C=O) groups is 1. The summed E-state index contributed by atoms with van der Waals surface area (Å²) in [7, 11) is 0. The van der Waals surface area contributed by atoms with Crippen LogP contribution in [-0.4, -0.2) is 12.6 Å². The number of urea groups is 1. The average Bonchev–Trinajstić information content (AvgIpc) is 1.68. The highest BCUT2D eigenvalue weighted by molar-refractivity contribution is 5.72. The van der Waals surface area contributed by atoms with Crippen LogP contribution in [-0.2, 0) is 0 Å². The summed E-state index contributed by atoms with van der Waals surface area (Å²) < 4.78 is 0. The predicted molar refractivity (Wildman–Crippen MR) is 27.0 cm³/mol. The standard InChI is InChI=1S/C3H6N3O2/c1-2-4-3(7)5-6-8/h2H2,1H3,(H,4,7). The quantitative estimate of drug-likeness (QED) is 0.407. The summed E-state index contributed by atoms with van der Waals surface area (Å²) in [6.45, 7) is 2.18. The van der Waals surface area contributed by atoms with Crippen molar-refractivity contribution in [2.75, 3.05) is 6.54 Å². The zero-order valence-electron chi connectivity index (χ0n) is 4.42. The third kappa shape index (κ3) is 3.08. The number of nitrogens with zero attached hydrogens (tertiary/aromatic N) is 2. The number of amides is 2. The minimum Gasteiger partial charge on any atom is -0.335 e. The van der Waals surface area contributed by atoms with Crippen LogP contribution in [0.3, 0.4) is 0 Å². The first-order valence-corrected chi connectivity index (χ1v) is 2.12. The van der Waals surface area contributed by atoms with E-state index in [1.807, 2.05) is 5.29 Å². The van der Waals surface area contributed by atoms with E-state index in [1.54, 1.807) is 6.92 Å². The molecular weight excluding hydrogens is 110 g/mol. The van der Waals surface area contributed by atoms with Gasteiger partial charge in [-0.15, -0.1) is 4.91 Å². The smallest absolute Gasteiger partial charge is 0.335 e. The van der Waals surface area contributed by atoms with Crippen molar-refractivity contribution in [2.24, 2.45) is 5.29 Å². The van der Waals surface area contributed by atoms with Crippen molar-refractivity contribution in [1.29, 1.82) is 0 Å². The fraction of sp³-hybridized carbons (Fsp3) is 0.667. The Morgan fingerprint density at radius 3 is 2.75 bits per heavy atom. The van der Waals surface area contributed by atoms with E-state index in [9.17, 15) is 9.70 Å². The van der Waals surface area contributed by atoms with Crippen molar-refractivity contribution in [3.8, 4) is 0 Å². The molecule has 5 heteroatoms. The second-order valence-electron chi connectivity index (χ2n) is 1.02. The molecule has 5 nitrogen and oxygen atoms in total. The molecule has 0 unspecified atom stereocenters. The highest BCUT2D eigenvalue weighted by Crippen LogP contribution is 1.64. The SMILES string of the molecule is CCNC(=O)[N]N=O. The van der Waals surface area contributed by atoms with Gasteiger partial charge in [0.25, 0.3) is 0 Å². The van der Waals surface area contributed by atoms with E-state index in [0.29, 0.717) is 6.54 Å². The van der Waals surface area contributed by atoms with Gasteiger partial charge in [0.2, 0.25) is 0 Å². The zero-order chi connectivity index (χ0) is 6.41. The van der Waals surface area contributed by atoms with Gasteiger partial charge in [0.05, 0.1) is 5.29 Å². The van der Waals surface area contributed by atoms with Crippen LogP contribution in [0.2, 0.25) is 0 Å². The van der Waals surface area contributed by atoms with Gasteiger partial charge < -0.3 is 5.32 Å². The third-order valence-electron chi connectivity index (χ3n) is 0.460. The van der Waals surface area contributed by atoms with E-state index < -0.39 is 6.03 Å². The van der Waals surface area contributed by atoms with Gasteiger partial charge in [0, 0.05) is 6.54 Å². The van der Waals surface area contributed by atoms with Crippen molar-refractivity contribution in [2.45, 2.75) is 6.92 Å². The Hall–Kier alpha value is -1.13. The molecule has 0 saturated heterocycles. The molecule has 0 aliphatic carbocycles. The zero-order valence-corrected chi connectivity index (χ0v) is 4.42. The summed E-state index contributed by atoms with van der Waals surface area (Å²) >= 11 is 0. The van der Waals surface area contributed by atoms with E-state index in [-0.39, 0.29) is 0 Å². The lowest BCUT2D eigenvalue weighted by atomic mass is 10.7. The van der Waals surface area contributed by atoms with Gasteiger partial charge >= 0.3 is 6.03 Å². The van der Waals surface area contributed by atoms with Crippen molar-refractivity contribution in [3.05, 3.63) is 4.91 Å². The molecule has 0 aromatic rings. The molecule has 45 valence electrons. The Bertz CT molecular complexity index is 92.5. The molecule has 0 aliphatic heterocycles. The Morgan fingerprint density at radius 1 is 1.75 bits per heavy atom. The van der Waals surface area contributed by atoms with Gasteiger partial charge in [-0.1, -0.05) is 5.43 Å². The average molecular weight is 116 g/mol. The minimum absolute atomic E-state index is 0.456. The van der Waals surface area contributed by atoms with Crippen LogP contribution in [0.1, 0.15) is 6.92 Å². The summed E-state index contributed by atoms with van der Waals surface area (Å²) in [5.74, 6) is 0. The molecule has 0 saturated carbocycles. The normalized spacial score (nSPS) is 7.62. The van der Waals surface area contributed by atoms with Gasteiger partial charge in [0.1, 0.15) is 0 Å². The van der Waals surface area contributed by atoms with E-state index in [1.165, 1.54) is 0 Å². The first-order valence-electron chi connectivity index (χ1n) is 2.12. The predicted octanol–water partition coefficient (Wildman–Crippen LogP) is 0.00170. The van der Waals surface area contributed by atoms with Crippen LogP contribution < -0.4 is 10.7 Å². The maximum Gasteiger partial charge on any atom is 0.362 e. The maximum absolute atomic E-state index is 10.1. The fourth-order valence-electron chi connectivity index (χ4n) is 0.224. The van der Waals surface area contributed by atoms with E-state index >= 15 is 0 Å². The lowest BCUT2D eigenvalue weighted by Crippen LogP contribution is -2.26. The number of nitroso groups, excluding NO2 is 1. The third-order valence-corrected chi connectivity index (χ3v) is 0.460. The molecule has 0 aliphatic rings. The van der Waals surface area contributed by atoms with Crippen LogP contribution in [0, 0.1) is 4.91 Å². The Balaban J connectivity index is 3.18.